The molecule has 3 aromatic rings. The molecule has 1 N–H and O–H groups in total. The molecule has 8 heteroatoms. The second kappa shape index (κ2) is 9.39. The fraction of sp³-hybridized carbons (Fsp3) is 0.303. The number of ether oxygens (including phenoxy) is 2. The Morgan fingerprint density at radius 3 is 2.44 bits per heavy atom. The lowest BCUT2D eigenvalue weighted by Gasteiger charge is -2.40. The van der Waals surface area contributed by atoms with E-state index in [4.69, 9.17) is 9.47 Å². The smallest absolute Gasteiger partial charge is 0.313 e. The van der Waals surface area contributed by atoms with E-state index in [-0.39, 0.29) is 19.1 Å². The summed E-state index contributed by atoms with van der Waals surface area (Å²) in [7, 11) is 0. The van der Waals surface area contributed by atoms with Crippen molar-refractivity contribution in [2.75, 3.05) is 24.7 Å². The Bertz CT molecular complexity index is 1620. The van der Waals surface area contributed by atoms with Crippen LogP contribution in [0.15, 0.2) is 97.1 Å². The van der Waals surface area contributed by atoms with E-state index in [9.17, 15) is 19.5 Å². The van der Waals surface area contributed by atoms with Gasteiger partial charge in [-0.2, -0.15) is 0 Å². The summed E-state index contributed by atoms with van der Waals surface area (Å²) in [6, 6.07) is 20.9. The third kappa shape index (κ3) is 3.71. The quantitative estimate of drug-likeness (QED) is 0.394. The molecule has 0 aromatic heterocycles. The average molecular weight is 551 g/mol. The number of hydrogen-bond acceptors (Lipinski definition) is 6. The predicted molar refractivity (Wildman–Crippen MR) is 152 cm³/mol. The largest absolute Gasteiger partial charge is 0.461 e. The Morgan fingerprint density at radius 1 is 0.902 bits per heavy atom. The van der Waals surface area contributed by atoms with Crippen molar-refractivity contribution < 1.29 is 29.0 Å². The number of anilines is 1. The molecular formula is C33H30N2O6. The van der Waals surface area contributed by atoms with Gasteiger partial charge in [-0.25, -0.2) is 0 Å². The Labute approximate surface area is 237 Å². The van der Waals surface area contributed by atoms with Crippen LogP contribution in [-0.4, -0.2) is 64.8 Å². The minimum Gasteiger partial charge on any atom is -0.461 e. The highest BCUT2D eigenvalue weighted by molar-refractivity contribution is 6.06. The molecular weight excluding hydrogens is 520 g/mol. The molecule has 4 aliphatic heterocycles. The molecule has 0 radical (unpaired) electrons. The molecule has 1 spiro atoms. The number of amides is 2. The highest BCUT2D eigenvalue weighted by Gasteiger charge is 2.75. The molecule has 2 fully saturated rings. The van der Waals surface area contributed by atoms with Crippen LogP contribution in [0.4, 0.5) is 5.69 Å². The Hall–Kier alpha value is -4.27. The third-order valence-corrected chi connectivity index (χ3v) is 8.99. The van der Waals surface area contributed by atoms with Crippen molar-refractivity contribution in [3.05, 3.63) is 103 Å². The maximum atomic E-state index is 14.8. The minimum absolute atomic E-state index is 0.0864. The van der Waals surface area contributed by atoms with E-state index in [1.165, 1.54) is 4.90 Å². The third-order valence-electron chi connectivity index (χ3n) is 8.99. The van der Waals surface area contributed by atoms with Crippen molar-refractivity contribution in [1.82, 2.24) is 4.90 Å². The van der Waals surface area contributed by atoms with Gasteiger partial charge < -0.3 is 24.4 Å². The van der Waals surface area contributed by atoms with Crippen LogP contribution < -0.4 is 4.90 Å². The first-order chi connectivity index (χ1) is 19.9. The number of fused-ring (bicyclic) bond motifs is 3. The molecule has 41 heavy (non-hydrogen) atoms. The van der Waals surface area contributed by atoms with E-state index in [1.807, 2.05) is 78.9 Å². The Morgan fingerprint density at radius 2 is 1.66 bits per heavy atom. The maximum Gasteiger partial charge on any atom is 0.313 e. The van der Waals surface area contributed by atoms with Gasteiger partial charge in [0, 0.05) is 12.2 Å². The number of likely N-dealkylation sites (tertiary alicyclic amines) is 1. The highest BCUT2D eigenvalue weighted by Crippen LogP contribution is 2.58. The van der Waals surface area contributed by atoms with Gasteiger partial charge in [-0.3, -0.25) is 14.4 Å². The lowest BCUT2D eigenvalue weighted by molar-refractivity contribution is -0.157. The normalized spacial score (nSPS) is 31.4. The number of aliphatic hydroxyl groups excluding tert-OH is 1. The van der Waals surface area contributed by atoms with Gasteiger partial charge in [-0.05, 0) is 41.5 Å². The van der Waals surface area contributed by atoms with Gasteiger partial charge in [-0.1, -0.05) is 78.9 Å². The lowest BCUT2D eigenvalue weighted by Crippen LogP contribution is -2.57. The SMILES string of the molecule is C[C@@]12C=CCOC(=O)[C@@H]1[C@H]1C(=O)N([C@H](CO)c3ccccc3)C3C(=O)N(c4ccc5ccccc5c4)CC=C[C@@]31O2. The number of esters is 1. The van der Waals surface area contributed by atoms with Crippen LogP contribution in [-0.2, 0) is 23.9 Å². The van der Waals surface area contributed by atoms with Gasteiger partial charge >= 0.3 is 5.97 Å². The molecule has 6 atom stereocenters. The molecule has 0 saturated carbocycles. The zero-order chi connectivity index (χ0) is 28.4. The number of benzene rings is 3. The highest BCUT2D eigenvalue weighted by atomic mass is 16.6. The van der Waals surface area contributed by atoms with Gasteiger partial charge in [0.05, 0.1) is 24.2 Å². The van der Waals surface area contributed by atoms with Gasteiger partial charge in [-0.15, -0.1) is 0 Å². The van der Waals surface area contributed by atoms with Crippen molar-refractivity contribution in [2.45, 2.75) is 30.2 Å². The van der Waals surface area contributed by atoms with Crippen LogP contribution >= 0.6 is 0 Å². The predicted octanol–water partition coefficient (Wildman–Crippen LogP) is 3.56. The average Bonchev–Trinajstić information content (AvgIpc) is 3.24. The van der Waals surface area contributed by atoms with Gasteiger partial charge in [0.1, 0.15) is 24.2 Å². The molecule has 2 amide bonds. The molecule has 208 valence electrons. The summed E-state index contributed by atoms with van der Waals surface area (Å²) in [5.74, 6) is -3.27. The fourth-order valence-corrected chi connectivity index (χ4v) is 7.24. The number of aliphatic hydroxyl groups is 1. The van der Waals surface area contributed by atoms with E-state index in [0.29, 0.717) is 11.3 Å². The van der Waals surface area contributed by atoms with Gasteiger partial charge in [0.15, 0.2) is 0 Å². The molecule has 8 nitrogen and oxygen atoms in total. The lowest BCUT2D eigenvalue weighted by atomic mass is 9.75. The van der Waals surface area contributed by atoms with Crippen molar-refractivity contribution in [3.8, 4) is 0 Å². The number of carbonyl (C=O) groups is 3. The molecule has 2 saturated heterocycles. The maximum absolute atomic E-state index is 14.8. The standard InChI is InChI=1S/C33H30N2O6/c1-32-15-8-18-40-31(39)27(32)26-29(37)35(25(20-36)22-10-3-2-4-11-22)28-30(38)34(17-7-16-33(26,28)41-32)24-14-13-21-9-5-6-12-23(21)19-24/h2-16,19,25-28,36H,17-18,20H2,1H3/t25-,26+,27+,28?,32-,33+/m1/s1. The first-order valence-corrected chi connectivity index (χ1v) is 13.9. The summed E-state index contributed by atoms with van der Waals surface area (Å²) >= 11 is 0. The fourth-order valence-electron chi connectivity index (χ4n) is 7.24. The van der Waals surface area contributed by atoms with Crippen molar-refractivity contribution >= 4 is 34.2 Å². The Kier molecular flexibility index (Phi) is 5.88. The summed E-state index contributed by atoms with van der Waals surface area (Å²) in [6.07, 6.45) is 7.13. The zero-order valence-electron chi connectivity index (χ0n) is 22.6. The first-order valence-electron chi connectivity index (χ1n) is 13.9. The van der Waals surface area contributed by atoms with Crippen LogP contribution in [0.5, 0.6) is 0 Å². The van der Waals surface area contributed by atoms with Crippen molar-refractivity contribution in [1.29, 1.82) is 0 Å². The van der Waals surface area contributed by atoms with E-state index in [1.54, 1.807) is 30.1 Å². The summed E-state index contributed by atoms with van der Waals surface area (Å²) < 4.78 is 12.3. The first kappa shape index (κ1) is 25.7. The van der Waals surface area contributed by atoms with Gasteiger partial charge in [0.25, 0.3) is 5.91 Å². The van der Waals surface area contributed by atoms with Crippen molar-refractivity contribution in [3.63, 3.8) is 0 Å². The number of cyclic esters (lactones) is 1. The Balaban J connectivity index is 1.40. The monoisotopic (exact) mass is 550 g/mol. The summed E-state index contributed by atoms with van der Waals surface area (Å²) in [5.41, 5.74) is -1.23. The molecule has 0 bridgehead atoms. The minimum atomic E-state index is -1.44. The van der Waals surface area contributed by atoms with Crippen LogP contribution in [0.3, 0.4) is 0 Å². The molecule has 7 rings (SSSR count). The molecule has 0 aliphatic carbocycles. The van der Waals surface area contributed by atoms with Crippen LogP contribution in [0, 0.1) is 11.8 Å². The summed E-state index contributed by atoms with van der Waals surface area (Å²) in [5, 5.41) is 12.7. The van der Waals surface area contributed by atoms with Crippen LogP contribution in [0.25, 0.3) is 10.8 Å². The summed E-state index contributed by atoms with van der Waals surface area (Å²) in [6.45, 7) is 1.70. The summed E-state index contributed by atoms with van der Waals surface area (Å²) in [4.78, 5) is 45.8. The number of hydrogen-bond donors (Lipinski definition) is 1. The van der Waals surface area contributed by atoms with Gasteiger partial charge in [0.2, 0.25) is 5.91 Å². The molecule has 1 unspecified atom stereocenters. The number of carbonyl (C=O) groups excluding carboxylic acids is 3. The molecule has 4 heterocycles. The van der Waals surface area contributed by atoms with E-state index >= 15 is 0 Å². The van der Waals surface area contributed by atoms with Crippen LogP contribution in [0.1, 0.15) is 18.5 Å². The van der Waals surface area contributed by atoms with E-state index < -0.39 is 53.6 Å². The van der Waals surface area contributed by atoms with Crippen LogP contribution in [0.2, 0.25) is 0 Å². The van der Waals surface area contributed by atoms with E-state index in [2.05, 4.69) is 0 Å². The van der Waals surface area contributed by atoms with Crippen molar-refractivity contribution in [2.24, 2.45) is 11.8 Å². The number of nitrogens with zero attached hydrogens (tertiary/aromatic N) is 2. The number of rotatable bonds is 4. The zero-order valence-corrected chi connectivity index (χ0v) is 22.6. The second-order valence-electron chi connectivity index (χ2n) is 11.3. The molecule has 4 aliphatic rings. The second-order valence-corrected chi connectivity index (χ2v) is 11.3. The topological polar surface area (TPSA) is 96.4 Å². The molecule has 3 aromatic carbocycles. The van der Waals surface area contributed by atoms with E-state index in [0.717, 1.165) is 10.8 Å².